The molecule has 3 atom stereocenters. The maximum absolute atomic E-state index is 9.83. The Morgan fingerprint density at radius 1 is 1.06 bits per heavy atom. The van der Waals surface area contributed by atoms with E-state index in [0.717, 1.165) is 5.75 Å². The molecule has 2 N–H and O–H groups in total. The molecule has 0 heterocycles. The quantitative estimate of drug-likeness (QED) is 0.744. The Labute approximate surface area is 114 Å². The minimum atomic E-state index is -0.630. The van der Waals surface area contributed by atoms with Crippen molar-refractivity contribution in [3.8, 4) is 0 Å². The second kappa shape index (κ2) is 7.82. The van der Waals surface area contributed by atoms with Crippen LogP contribution in [0.5, 0.6) is 0 Å². The molecule has 3 unspecified atom stereocenters. The lowest BCUT2D eigenvalue weighted by Crippen LogP contribution is -2.26. The lowest BCUT2D eigenvalue weighted by molar-refractivity contribution is 0.00953. The van der Waals surface area contributed by atoms with Gasteiger partial charge >= 0.3 is 0 Å². The van der Waals surface area contributed by atoms with E-state index in [1.807, 2.05) is 18.7 Å². The molecule has 1 rings (SSSR count). The summed E-state index contributed by atoms with van der Waals surface area (Å²) in [5.41, 5.74) is 1.22. The molecule has 1 aromatic carbocycles. The molecule has 0 saturated carbocycles. The fourth-order valence-electron chi connectivity index (χ4n) is 1.99. The smallest absolute Gasteiger partial charge is 0.0804 e. The Kier molecular flexibility index (Phi) is 6.76. The van der Waals surface area contributed by atoms with E-state index in [9.17, 15) is 10.2 Å². The second-order valence-corrected chi connectivity index (χ2v) is 6.02. The number of rotatable bonds is 7. The molecule has 0 fully saturated rings. The summed E-state index contributed by atoms with van der Waals surface area (Å²) in [6.45, 7) is 6.12. The lowest BCUT2D eigenvalue weighted by Gasteiger charge is -2.20. The Hall–Kier alpha value is -0.510. The maximum atomic E-state index is 9.83. The average Bonchev–Trinajstić information content (AvgIpc) is 2.38. The van der Waals surface area contributed by atoms with Crippen molar-refractivity contribution in [3.05, 3.63) is 29.8 Å². The summed E-state index contributed by atoms with van der Waals surface area (Å²) in [4.78, 5) is 1.28. The van der Waals surface area contributed by atoms with Gasteiger partial charge in [-0.15, -0.1) is 11.8 Å². The molecular formula is C15H24O2S. The number of hydrogen-bond acceptors (Lipinski definition) is 3. The first kappa shape index (κ1) is 15.5. The minimum Gasteiger partial charge on any atom is -0.390 e. The molecule has 1 aromatic rings. The van der Waals surface area contributed by atoms with Gasteiger partial charge in [0, 0.05) is 4.90 Å². The highest BCUT2D eigenvalue weighted by molar-refractivity contribution is 7.99. The van der Waals surface area contributed by atoms with Gasteiger partial charge in [0.15, 0.2) is 0 Å². The van der Waals surface area contributed by atoms with Crippen LogP contribution in [0.1, 0.15) is 45.1 Å². The molecule has 3 heteroatoms. The molecule has 18 heavy (non-hydrogen) atoms. The number of thioether (sulfide) groups is 1. The third-order valence-electron chi connectivity index (χ3n) is 3.22. The summed E-state index contributed by atoms with van der Waals surface area (Å²) in [5, 5.41) is 19.4. The molecule has 0 saturated heterocycles. The summed E-state index contributed by atoms with van der Waals surface area (Å²) in [7, 11) is 0. The third-order valence-corrected chi connectivity index (χ3v) is 4.11. The fraction of sp³-hybridized carbons (Fsp3) is 0.600. The highest BCUT2D eigenvalue weighted by Gasteiger charge is 2.18. The SMILES string of the molecule is CCSc1ccc(C(C)CC(O)C(O)CC)cc1. The van der Waals surface area contributed by atoms with Crippen LogP contribution >= 0.6 is 11.8 Å². The van der Waals surface area contributed by atoms with Crippen molar-refractivity contribution in [2.24, 2.45) is 0 Å². The van der Waals surface area contributed by atoms with E-state index < -0.39 is 12.2 Å². The predicted molar refractivity (Wildman–Crippen MR) is 78.2 cm³/mol. The highest BCUT2D eigenvalue weighted by atomic mass is 32.2. The Bertz CT molecular complexity index is 337. The first-order valence-corrected chi connectivity index (χ1v) is 7.65. The molecule has 0 radical (unpaired) electrons. The van der Waals surface area contributed by atoms with Crippen LogP contribution in [-0.2, 0) is 0 Å². The van der Waals surface area contributed by atoms with Gasteiger partial charge in [0.2, 0.25) is 0 Å². The van der Waals surface area contributed by atoms with Gasteiger partial charge in [0.25, 0.3) is 0 Å². The van der Waals surface area contributed by atoms with Crippen molar-refractivity contribution in [2.45, 2.75) is 56.6 Å². The van der Waals surface area contributed by atoms with Crippen LogP contribution in [0, 0.1) is 0 Å². The van der Waals surface area contributed by atoms with Crippen molar-refractivity contribution in [1.29, 1.82) is 0 Å². The normalized spacial score (nSPS) is 16.3. The van der Waals surface area contributed by atoms with Crippen molar-refractivity contribution >= 4 is 11.8 Å². The average molecular weight is 268 g/mol. The van der Waals surface area contributed by atoms with Crippen molar-refractivity contribution in [3.63, 3.8) is 0 Å². The third kappa shape index (κ3) is 4.63. The molecule has 0 amide bonds. The van der Waals surface area contributed by atoms with Gasteiger partial charge in [-0.05, 0) is 42.2 Å². The molecule has 0 aliphatic heterocycles. The van der Waals surface area contributed by atoms with Crippen LogP contribution in [0.4, 0.5) is 0 Å². The highest BCUT2D eigenvalue weighted by Crippen LogP contribution is 2.25. The predicted octanol–water partition coefficient (Wildman–Crippen LogP) is 3.42. The van der Waals surface area contributed by atoms with E-state index in [0.29, 0.717) is 12.8 Å². The minimum absolute atomic E-state index is 0.266. The van der Waals surface area contributed by atoms with Crippen molar-refractivity contribution < 1.29 is 10.2 Å². The van der Waals surface area contributed by atoms with Gasteiger partial charge in [-0.2, -0.15) is 0 Å². The largest absolute Gasteiger partial charge is 0.390 e. The molecule has 0 aliphatic carbocycles. The molecule has 0 bridgehead atoms. The van der Waals surface area contributed by atoms with E-state index in [1.165, 1.54) is 10.5 Å². The second-order valence-electron chi connectivity index (χ2n) is 4.68. The summed E-state index contributed by atoms with van der Waals surface area (Å²) in [6.07, 6.45) is -0.0352. The molecule has 0 aliphatic rings. The van der Waals surface area contributed by atoms with Gasteiger partial charge in [-0.1, -0.05) is 32.9 Å². The summed E-state index contributed by atoms with van der Waals surface area (Å²) in [5.74, 6) is 1.35. The fourth-order valence-corrected chi connectivity index (χ4v) is 2.65. The van der Waals surface area contributed by atoms with Crippen LogP contribution in [0.2, 0.25) is 0 Å². The van der Waals surface area contributed by atoms with Crippen molar-refractivity contribution in [1.82, 2.24) is 0 Å². The standard InChI is InChI=1S/C15H24O2S/c1-4-14(16)15(17)10-11(3)12-6-8-13(9-7-12)18-5-2/h6-9,11,14-17H,4-5,10H2,1-3H3. The van der Waals surface area contributed by atoms with Gasteiger partial charge in [-0.25, -0.2) is 0 Å². The van der Waals surface area contributed by atoms with E-state index in [-0.39, 0.29) is 5.92 Å². The molecular weight excluding hydrogens is 244 g/mol. The van der Waals surface area contributed by atoms with Gasteiger partial charge in [-0.3, -0.25) is 0 Å². The first-order chi connectivity index (χ1) is 8.58. The van der Waals surface area contributed by atoms with E-state index >= 15 is 0 Å². The first-order valence-electron chi connectivity index (χ1n) is 6.67. The van der Waals surface area contributed by atoms with E-state index in [1.54, 1.807) is 0 Å². The number of benzene rings is 1. The van der Waals surface area contributed by atoms with Gasteiger partial charge in [0.1, 0.15) is 0 Å². The van der Waals surface area contributed by atoms with E-state index in [4.69, 9.17) is 0 Å². The molecule has 0 spiro atoms. The summed E-state index contributed by atoms with van der Waals surface area (Å²) >= 11 is 1.83. The van der Waals surface area contributed by atoms with Crippen LogP contribution < -0.4 is 0 Å². The van der Waals surface area contributed by atoms with Crippen LogP contribution in [0.15, 0.2) is 29.2 Å². The van der Waals surface area contributed by atoms with E-state index in [2.05, 4.69) is 38.1 Å². The summed E-state index contributed by atoms with van der Waals surface area (Å²) < 4.78 is 0. The lowest BCUT2D eigenvalue weighted by atomic mass is 9.92. The molecule has 2 nitrogen and oxygen atoms in total. The zero-order valence-corrected chi connectivity index (χ0v) is 12.3. The maximum Gasteiger partial charge on any atom is 0.0804 e. The topological polar surface area (TPSA) is 40.5 Å². The monoisotopic (exact) mass is 268 g/mol. The van der Waals surface area contributed by atoms with Crippen LogP contribution in [0.25, 0.3) is 0 Å². The van der Waals surface area contributed by atoms with Crippen LogP contribution in [-0.4, -0.2) is 28.2 Å². The number of hydrogen-bond donors (Lipinski definition) is 2. The van der Waals surface area contributed by atoms with Crippen LogP contribution in [0.3, 0.4) is 0 Å². The zero-order valence-electron chi connectivity index (χ0n) is 11.5. The summed E-state index contributed by atoms with van der Waals surface area (Å²) in [6, 6.07) is 8.49. The number of aliphatic hydroxyl groups excluding tert-OH is 2. The van der Waals surface area contributed by atoms with Crippen molar-refractivity contribution in [2.75, 3.05) is 5.75 Å². The molecule has 102 valence electrons. The Morgan fingerprint density at radius 3 is 2.17 bits per heavy atom. The Morgan fingerprint density at radius 2 is 1.67 bits per heavy atom. The van der Waals surface area contributed by atoms with Gasteiger partial charge in [0.05, 0.1) is 12.2 Å². The number of aliphatic hydroxyl groups is 2. The Balaban J connectivity index is 2.58. The molecule has 0 aromatic heterocycles. The van der Waals surface area contributed by atoms with Gasteiger partial charge < -0.3 is 10.2 Å². The zero-order chi connectivity index (χ0) is 13.5.